The molecule has 0 saturated heterocycles. The van der Waals surface area contributed by atoms with Crippen LogP contribution in [0.1, 0.15) is 78.2 Å². The van der Waals surface area contributed by atoms with E-state index in [1.54, 1.807) is 12.1 Å². The highest BCUT2D eigenvalue weighted by molar-refractivity contribution is 6.09. The minimum absolute atomic E-state index is 0.00277. The molecular formula is C26H34O5. The standard InChI is InChI=1S/C26H34O5/c1-6-11-31-17-9-7-16(8-10-17)22(23-18(27)12-25(2,3)13-19(23)28)24-20(29)14-26(4,5)15-21(24)30/h7-10,22-23,29H,6,11-15H2,1-5H3/t22-/m0/s1. The summed E-state index contributed by atoms with van der Waals surface area (Å²) >= 11 is 0. The van der Waals surface area contributed by atoms with Crippen molar-refractivity contribution in [2.45, 2.75) is 72.6 Å². The highest BCUT2D eigenvalue weighted by Gasteiger charge is 2.48. The minimum atomic E-state index is -0.947. The third-order valence-corrected chi connectivity index (χ3v) is 6.25. The Morgan fingerprint density at radius 3 is 2.00 bits per heavy atom. The molecule has 0 bridgehead atoms. The molecule has 1 atom stereocenters. The first kappa shape index (κ1) is 23.2. The van der Waals surface area contributed by atoms with Crippen LogP contribution in [-0.2, 0) is 14.4 Å². The Balaban J connectivity index is 2.08. The zero-order valence-electron chi connectivity index (χ0n) is 19.3. The number of aliphatic hydroxyl groups excluding tert-OH is 1. The van der Waals surface area contributed by atoms with Gasteiger partial charge in [-0.25, -0.2) is 0 Å². The smallest absolute Gasteiger partial charge is 0.163 e. The minimum Gasteiger partial charge on any atom is -0.512 e. The molecule has 1 fully saturated rings. The average molecular weight is 427 g/mol. The highest BCUT2D eigenvalue weighted by atomic mass is 16.5. The average Bonchev–Trinajstić information content (AvgIpc) is 2.62. The molecule has 1 N–H and O–H groups in total. The summed E-state index contributed by atoms with van der Waals surface area (Å²) in [5, 5.41) is 10.9. The van der Waals surface area contributed by atoms with E-state index < -0.39 is 11.8 Å². The van der Waals surface area contributed by atoms with Crippen molar-refractivity contribution in [3.63, 3.8) is 0 Å². The van der Waals surface area contributed by atoms with E-state index in [-0.39, 0.29) is 58.8 Å². The van der Waals surface area contributed by atoms with Crippen LogP contribution in [0.3, 0.4) is 0 Å². The molecule has 3 rings (SSSR count). The van der Waals surface area contributed by atoms with Gasteiger partial charge in [0.15, 0.2) is 5.78 Å². The summed E-state index contributed by atoms with van der Waals surface area (Å²) in [7, 11) is 0. The van der Waals surface area contributed by atoms with Gasteiger partial charge in [-0.05, 0) is 34.9 Å². The second-order valence-corrected chi connectivity index (χ2v) is 10.6. The van der Waals surface area contributed by atoms with Gasteiger partial charge in [-0.1, -0.05) is 46.8 Å². The predicted octanol–water partition coefficient (Wildman–Crippen LogP) is 5.33. The molecule has 5 nitrogen and oxygen atoms in total. The summed E-state index contributed by atoms with van der Waals surface area (Å²) in [5.41, 5.74) is 0.176. The lowest BCUT2D eigenvalue weighted by molar-refractivity contribution is -0.140. The van der Waals surface area contributed by atoms with E-state index in [0.29, 0.717) is 24.3 Å². The number of hydrogen-bond acceptors (Lipinski definition) is 5. The van der Waals surface area contributed by atoms with Gasteiger partial charge in [0.2, 0.25) is 0 Å². The molecule has 0 heterocycles. The van der Waals surface area contributed by atoms with Crippen molar-refractivity contribution in [3.05, 3.63) is 41.2 Å². The molecule has 1 aromatic rings. The van der Waals surface area contributed by atoms with Crippen molar-refractivity contribution >= 4 is 17.3 Å². The van der Waals surface area contributed by atoms with Gasteiger partial charge in [0, 0.05) is 37.2 Å². The monoisotopic (exact) mass is 426 g/mol. The van der Waals surface area contributed by atoms with Crippen LogP contribution in [0.25, 0.3) is 0 Å². The number of Topliss-reactive ketones (excluding diaryl/α,β-unsaturated/α-hetero) is 3. The van der Waals surface area contributed by atoms with Crippen LogP contribution in [0, 0.1) is 16.7 Å². The van der Waals surface area contributed by atoms with Crippen LogP contribution < -0.4 is 4.74 Å². The molecule has 0 aliphatic heterocycles. The molecule has 0 amide bonds. The fourth-order valence-corrected chi connectivity index (χ4v) is 4.95. The number of rotatable bonds is 6. The molecule has 0 aromatic heterocycles. The maximum atomic E-state index is 13.2. The van der Waals surface area contributed by atoms with Crippen molar-refractivity contribution in [1.29, 1.82) is 0 Å². The molecule has 1 aromatic carbocycles. The fraction of sp³-hybridized carbons (Fsp3) is 0.577. The molecule has 0 radical (unpaired) electrons. The zero-order valence-corrected chi connectivity index (χ0v) is 19.3. The molecule has 31 heavy (non-hydrogen) atoms. The summed E-state index contributed by atoms with van der Waals surface area (Å²) in [6.45, 7) is 10.3. The number of aliphatic hydroxyl groups is 1. The van der Waals surface area contributed by atoms with E-state index in [1.165, 1.54) is 0 Å². The van der Waals surface area contributed by atoms with E-state index in [0.717, 1.165) is 6.42 Å². The van der Waals surface area contributed by atoms with E-state index >= 15 is 0 Å². The highest BCUT2D eigenvalue weighted by Crippen LogP contribution is 2.47. The van der Waals surface area contributed by atoms with Crippen LogP contribution in [0.5, 0.6) is 5.75 Å². The largest absolute Gasteiger partial charge is 0.512 e. The van der Waals surface area contributed by atoms with Gasteiger partial charge in [0.25, 0.3) is 0 Å². The van der Waals surface area contributed by atoms with Crippen LogP contribution in [0.2, 0.25) is 0 Å². The molecule has 1 saturated carbocycles. The molecule has 168 valence electrons. The Hall–Kier alpha value is -2.43. The summed E-state index contributed by atoms with van der Waals surface area (Å²) in [4.78, 5) is 39.5. The van der Waals surface area contributed by atoms with Crippen molar-refractivity contribution in [2.75, 3.05) is 6.61 Å². The number of ketones is 3. The molecule has 2 aliphatic carbocycles. The lowest BCUT2D eigenvalue weighted by atomic mass is 9.62. The molecular weight excluding hydrogens is 392 g/mol. The number of hydrogen-bond donors (Lipinski definition) is 1. The quantitative estimate of drug-likeness (QED) is 0.622. The summed E-state index contributed by atoms with van der Waals surface area (Å²) in [5.74, 6) is -1.51. The van der Waals surface area contributed by atoms with Gasteiger partial charge >= 0.3 is 0 Å². The number of carbonyl (C=O) groups is 3. The number of carbonyl (C=O) groups excluding carboxylic acids is 3. The van der Waals surface area contributed by atoms with Crippen molar-refractivity contribution in [2.24, 2.45) is 16.7 Å². The Labute approximate surface area is 184 Å². The Morgan fingerprint density at radius 2 is 1.48 bits per heavy atom. The second-order valence-electron chi connectivity index (χ2n) is 10.6. The number of ether oxygens (including phenoxy) is 1. The van der Waals surface area contributed by atoms with Crippen LogP contribution in [-0.4, -0.2) is 29.1 Å². The van der Waals surface area contributed by atoms with Crippen molar-refractivity contribution in [1.82, 2.24) is 0 Å². The first-order chi connectivity index (χ1) is 14.4. The van der Waals surface area contributed by atoms with Gasteiger partial charge in [-0.3, -0.25) is 14.4 Å². The van der Waals surface area contributed by atoms with E-state index in [2.05, 4.69) is 0 Å². The topological polar surface area (TPSA) is 80.7 Å². The number of allylic oxidation sites excluding steroid dienone is 2. The van der Waals surface area contributed by atoms with Crippen LogP contribution >= 0.6 is 0 Å². The van der Waals surface area contributed by atoms with Gasteiger partial charge in [-0.15, -0.1) is 0 Å². The maximum absolute atomic E-state index is 13.2. The summed E-state index contributed by atoms with van der Waals surface area (Å²) < 4.78 is 5.66. The van der Waals surface area contributed by atoms with E-state index in [4.69, 9.17) is 4.74 Å². The zero-order chi connectivity index (χ0) is 23.0. The van der Waals surface area contributed by atoms with Crippen LogP contribution in [0.15, 0.2) is 35.6 Å². The third-order valence-electron chi connectivity index (χ3n) is 6.25. The van der Waals surface area contributed by atoms with E-state index in [1.807, 2.05) is 46.8 Å². The van der Waals surface area contributed by atoms with Gasteiger partial charge in [0.1, 0.15) is 23.1 Å². The Morgan fingerprint density at radius 1 is 0.935 bits per heavy atom. The Kier molecular flexibility index (Phi) is 6.45. The molecule has 0 unspecified atom stereocenters. The fourth-order valence-electron chi connectivity index (χ4n) is 4.95. The first-order valence-corrected chi connectivity index (χ1v) is 11.2. The van der Waals surface area contributed by atoms with Crippen molar-refractivity contribution < 1.29 is 24.2 Å². The number of benzene rings is 1. The SMILES string of the molecule is CCCOc1ccc([C@H](C2=C(O)CC(C)(C)CC2=O)C2C(=O)CC(C)(C)CC2=O)cc1. The summed E-state index contributed by atoms with van der Waals surface area (Å²) in [6, 6.07) is 7.22. The Bertz CT molecular complexity index is 884. The van der Waals surface area contributed by atoms with Gasteiger partial charge in [-0.2, -0.15) is 0 Å². The third kappa shape index (κ3) is 5.08. The maximum Gasteiger partial charge on any atom is 0.163 e. The normalized spacial score (nSPS) is 22.5. The molecule has 5 heteroatoms. The second kappa shape index (κ2) is 8.60. The van der Waals surface area contributed by atoms with Crippen LogP contribution in [0.4, 0.5) is 0 Å². The first-order valence-electron chi connectivity index (χ1n) is 11.2. The van der Waals surface area contributed by atoms with Gasteiger partial charge < -0.3 is 9.84 Å². The molecule has 2 aliphatic rings. The lowest BCUT2D eigenvalue weighted by Gasteiger charge is -2.39. The van der Waals surface area contributed by atoms with Crippen molar-refractivity contribution in [3.8, 4) is 5.75 Å². The predicted molar refractivity (Wildman–Crippen MR) is 119 cm³/mol. The van der Waals surface area contributed by atoms with Gasteiger partial charge in [0.05, 0.1) is 12.5 Å². The van der Waals surface area contributed by atoms with E-state index in [9.17, 15) is 19.5 Å². The lowest BCUT2D eigenvalue weighted by Crippen LogP contribution is -2.43. The summed E-state index contributed by atoms with van der Waals surface area (Å²) in [6.07, 6.45) is 2.08. The molecule has 0 spiro atoms.